The van der Waals surface area contributed by atoms with Crippen molar-refractivity contribution in [3.63, 3.8) is 0 Å². The van der Waals surface area contributed by atoms with Crippen LogP contribution in [0.1, 0.15) is 12.8 Å². The number of aryl methyl sites for hydroxylation is 1. The molecule has 0 bridgehead atoms. The number of hydrogen-bond donors (Lipinski definition) is 2. The fourth-order valence-electron chi connectivity index (χ4n) is 2.44. The third-order valence-electron chi connectivity index (χ3n) is 3.56. The first-order chi connectivity index (χ1) is 9.72. The lowest BCUT2D eigenvalue weighted by atomic mass is 10.1. The maximum absolute atomic E-state index is 11.9. The summed E-state index contributed by atoms with van der Waals surface area (Å²) in [4.78, 5) is 11.9. The monoisotopic (exact) mass is 274 g/mol. The van der Waals surface area contributed by atoms with Gasteiger partial charge in [-0.15, -0.1) is 0 Å². The fraction of sp³-hybridized carbons (Fsp3) is 0.429. The van der Waals surface area contributed by atoms with Gasteiger partial charge in [-0.25, -0.2) is 4.79 Å². The van der Waals surface area contributed by atoms with Crippen LogP contribution in [0.3, 0.4) is 0 Å². The molecule has 6 heteroatoms. The largest absolute Gasteiger partial charge is 0.381 e. The molecule has 1 saturated heterocycles. The van der Waals surface area contributed by atoms with E-state index >= 15 is 0 Å². The number of hydrogen-bond acceptors (Lipinski definition) is 3. The van der Waals surface area contributed by atoms with E-state index in [0.29, 0.717) is 13.2 Å². The Labute approximate surface area is 117 Å². The molecule has 0 aliphatic carbocycles. The minimum Gasteiger partial charge on any atom is -0.381 e. The third kappa shape index (κ3) is 2.75. The quantitative estimate of drug-likeness (QED) is 0.878. The summed E-state index contributed by atoms with van der Waals surface area (Å²) in [6.07, 6.45) is 3.53. The highest BCUT2D eigenvalue weighted by molar-refractivity contribution is 5.92. The van der Waals surface area contributed by atoms with Crippen molar-refractivity contribution in [3.05, 3.63) is 24.4 Å². The van der Waals surface area contributed by atoms with Crippen LogP contribution in [-0.4, -0.2) is 35.1 Å². The molecule has 0 spiro atoms. The number of amides is 2. The Hall–Kier alpha value is -2.08. The first-order valence-corrected chi connectivity index (χ1v) is 6.79. The highest BCUT2D eigenvalue weighted by atomic mass is 16.5. The lowest BCUT2D eigenvalue weighted by Gasteiger charge is -2.23. The van der Waals surface area contributed by atoms with Crippen LogP contribution in [-0.2, 0) is 11.8 Å². The predicted molar refractivity (Wildman–Crippen MR) is 76.7 cm³/mol. The predicted octanol–water partition coefficient (Wildman–Crippen LogP) is 1.87. The first-order valence-electron chi connectivity index (χ1n) is 6.79. The van der Waals surface area contributed by atoms with Crippen LogP contribution in [0.25, 0.3) is 10.9 Å². The molecule has 2 heterocycles. The van der Waals surface area contributed by atoms with Crippen molar-refractivity contribution < 1.29 is 9.53 Å². The van der Waals surface area contributed by atoms with Crippen molar-refractivity contribution in [1.82, 2.24) is 15.1 Å². The van der Waals surface area contributed by atoms with Crippen LogP contribution in [0.5, 0.6) is 0 Å². The standard InChI is InChI=1S/C14H18N4O2/c1-18-13-3-2-12(8-10(13)9-15-18)17-14(19)16-11-4-6-20-7-5-11/h2-3,8-9,11H,4-7H2,1H3,(H2,16,17,19). The highest BCUT2D eigenvalue weighted by Gasteiger charge is 2.16. The topological polar surface area (TPSA) is 68.2 Å². The molecule has 0 atom stereocenters. The number of fused-ring (bicyclic) bond motifs is 1. The molecule has 0 unspecified atom stereocenters. The number of urea groups is 1. The van der Waals surface area contributed by atoms with Gasteiger partial charge in [0.1, 0.15) is 0 Å². The molecule has 106 valence electrons. The van der Waals surface area contributed by atoms with E-state index in [-0.39, 0.29) is 12.1 Å². The molecule has 3 rings (SSSR count). The Balaban J connectivity index is 1.64. The lowest BCUT2D eigenvalue weighted by Crippen LogP contribution is -2.41. The second-order valence-electron chi connectivity index (χ2n) is 5.03. The Kier molecular flexibility index (Phi) is 3.56. The van der Waals surface area contributed by atoms with Crippen molar-refractivity contribution >= 4 is 22.6 Å². The van der Waals surface area contributed by atoms with E-state index < -0.39 is 0 Å². The molecule has 2 N–H and O–H groups in total. The number of carbonyl (C=O) groups excluding carboxylic acids is 1. The smallest absolute Gasteiger partial charge is 0.319 e. The van der Waals surface area contributed by atoms with Crippen molar-refractivity contribution in [3.8, 4) is 0 Å². The first kappa shape index (κ1) is 12.9. The average molecular weight is 274 g/mol. The van der Waals surface area contributed by atoms with Crippen LogP contribution in [0.2, 0.25) is 0 Å². The fourth-order valence-corrected chi connectivity index (χ4v) is 2.44. The van der Waals surface area contributed by atoms with E-state index in [9.17, 15) is 4.79 Å². The van der Waals surface area contributed by atoms with Crippen LogP contribution in [0.4, 0.5) is 10.5 Å². The van der Waals surface area contributed by atoms with Crippen LogP contribution >= 0.6 is 0 Å². The maximum Gasteiger partial charge on any atom is 0.319 e. The minimum atomic E-state index is -0.167. The van der Waals surface area contributed by atoms with Crippen LogP contribution in [0.15, 0.2) is 24.4 Å². The zero-order valence-electron chi connectivity index (χ0n) is 11.4. The summed E-state index contributed by atoms with van der Waals surface area (Å²) >= 11 is 0. The number of anilines is 1. The van der Waals surface area contributed by atoms with E-state index in [1.165, 1.54) is 0 Å². The number of rotatable bonds is 2. The Morgan fingerprint density at radius 1 is 1.40 bits per heavy atom. The van der Waals surface area contributed by atoms with Gasteiger partial charge in [0.25, 0.3) is 0 Å². The van der Waals surface area contributed by atoms with Gasteiger partial charge in [0.15, 0.2) is 0 Å². The molecule has 2 aromatic rings. The number of ether oxygens (including phenoxy) is 1. The van der Waals surface area contributed by atoms with Gasteiger partial charge >= 0.3 is 6.03 Å². The molecule has 6 nitrogen and oxygen atoms in total. The number of nitrogens with one attached hydrogen (secondary N) is 2. The summed E-state index contributed by atoms with van der Waals surface area (Å²) in [5, 5.41) is 11.0. The van der Waals surface area contributed by atoms with Gasteiger partial charge in [0.2, 0.25) is 0 Å². The molecule has 1 fully saturated rings. The Morgan fingerprint density at radius 3 is 3.00 bits per heavy atom. The SMILES string of the molecule is Cn1ncc2cc(NC(=O)NC3CCOCC3)ccc21. The molecule has 0 saturated carbocycles. The normalized spacial score (nSPS) is 16.2. The number of nitrogens with zero attached hydrogens (tertiary/aromatic N) is 2. The van der Waals surface area contributed by atoms with Gasteiger partial charge in [0, 0.05) is 37.4 Å². The molecular weight excluding hydrogens is 256 g/mol. The van der Waals surface area contributed by atoms with Crippen LogP contribution < -0.4 is 10.6 Å². The van der Waals surface area contributed by atoms with Crippen molar-refractivity contribution in [1.29, 1.82) is 0 Å². The zero-order chi connectivity index (χ0) is 13.9. The van der Waals surface area contributed by atoms with Gasteiger partial charge in [-0.3, -0.25) is 4.68 Å². The Bertz CT molecular complexity index is 617. The average Bonchev–Trinajstić information content (AvgIpc) is 2.81. The summed E-state index contributed by atoms with van der Waals surface area (Å²) in [5.41, 5.74) is 1.82. The van der Waals surface area contributed by atoms with Crippen LogP contribution in [0, 0.1) is 0 Å². The molecule has 1 aromatic carbocycles. The van der Waals surface area contributed by atoms with E-state index in [1.807, 2.05) is 25.2 Å². The van der Waals surface area contributed by atoms with E-state index in [0.717, 1.165) is 29.4 Å². The van der Waals surface area contributed by atoms with Crippen molar-refractivity contribution in [2.24, 2.45) is 7.05 Å². The number of carbonyl (C=O) groups is 1. The summed E-state index contributed by atoms with van der Waals surface area (Å²) < 4.78 is 7.08. The van der Waals surface area contributed by atoms with Gasteiger partial charge in [-0.05, 0) is 31.0 Å². The minimum absolute atomic E-state index is 0.167. The van der Waals surface area contributed by atoms with Gasteiger partial charge < -0.3 is 15.4 Å². The third-order valence-corrected chi connectivity index (χ3v) is 3.56. The van der Waals surface area contributed by atoms with Crippen molar-refractivity contribution in [2.75, 3.05) is 18.5 Å². The second kappa shape index (κ2) is 5.50. The van der Waals surface area contributed by atoms with Crippen molar-refractivity contribution in [2.45, 2.75) is 18.9 Å². The summed E-state index contributed by atoms with van der Waals surface area (Å²) in [6.45, 7) is 1.43. The van der Waals surface area contributed by atoms with E-state index in [2.05, 4.69) is 15.7 Å². The molecule has 1 aliphatic heterocycles. The van der Waals surface area contributed by atoms with Gasteiger partial charge in [-0.2, -0.15) is 5.10 Å². The lowest BCUT2D eigenvalue weighted by molar-refractivity contribution is 0.0806. The summed E-state index contributed by atoms with van der Waals surface area (Å²) in [5.74, 6) is 0. The summed E-state index contributed by atoms with van der Waals surface area (Å²) in [7, 11) is 1.90. The van der Waals surface area contributed by atoms with Gasteiger partial charge in [0.05, 0.1) is 11.7 Å². The molecule has 2 amide bonds. The van der Waals surface area contributed by atoms with Gasteiger partial charge in [-0.1, -0.05) is 0 Å². The van der Waals surface area contributed by atoms with E-state index in [1.54, 1.807) is 10.9 Å². The maximum atomic E-state index is 11.9. The molecule has 0 radical (unpaired) electrons. The zero-order valence-corrected chi connectivity index (χ0v) is 11.4. The highest BCUT2D eigenvalue weighted by Crippen LogP contribution is 2.18. The Morgan fingerprint density at radius 2 is 2.20 bits per heavy atom. The number of aromatic nitrogens is 2. The summed E-state index contributed by atoms with van der Waals surface area (Å²) in [6, 6.07) is 5.79. The number of benzene rings is 1. The molecule has 1 aliphatic rings. The molecular formula is C14H18N4O2. The molecule has 20 heavy (non-hydrogen) atoms. The second-order valence-corrected chi connectivity index (χ2v) is 5.03. The van der Waals surface area contributed by atoms with E-state index in [4.69, 9.17) is 4.74 Å². The molecule has 1 aromatic heterocycles.